The van der Waals surface area contributed by atoms with Crippen LogP contribution in [0, 0.1) is 5.82 Å². The SMILES string of the molecule is CCN(CC)c1ccc(N(CC(=O)Nc2ccccc2F)C(C)=O)cc1. The smallest absolute Gasteiger partial charge is 0.244 e. The first-order valence-corrected chi connectivity index (χ1v) is 8.63. The van der Waals surface area contributed by atoms with Crippen LogP contribution in [0.1, 0.15) is 20.8 Å². The van der Waals surface area contributed by atoms with E-state index in [4.69, 9.17) is 0 Å². The number of carbonyl (C=O) groups is 2. The third-order valence-electron chi connectivity index (χ3n) is 4.12. The monoisotopic (exact) mass is 357 g/mol. The fourth-order valence-corrected chi connectivity index (χ4v) is 2.71. The van der Waals surface area contributed by atoms with Crippen molar-refractivity contribution in [2.75, 3.05) is 34.8 Å². The Morgan fingerprint density at radius 3 is 2.08 bits per heavy atom. The lowest BCUT2D eigenvalue weighted by atomic mass is 10.2. The Labute approximate surface area is 153 Å². The summed E-state index contributed by atoms with van der Waals surface area (Å²) >= 11 is 0. The van der Waals surface area contributed by atoms with E-state index in [9.17, 15) is 14.0 Å². The van der Waals surface area contributed by atoms with E-state index in [0.717, 1.165) is 18.8 Å². The highest BCUT2D eigenvalue weighted by atomic mass is 19.1. The number of benzene rings is 2. The minimum absolute atomic E-state index is 0.0953. The zero-order valence-corrected chi connectivity index (χ0v) is 15.3. The topological polar surface area (TPSA) is 52.6 Å². The van der Waals surface area contributed by atoms with Gasteiger partial charge in [-0.15, -0.1) is 0 Å². The van der Waals surface area contributed by atoms with Gasteiger partial charge in [-0.1, -0.05) is 12.1 Å². The van der Waals surface area contributed by atoms with Crippen LogP contribution in [0.15, 0.2) is 48.5 Å². The van der Waals surface area contributed by atoms with Crippen molar-refractivity contribution in [3.8, 4) is 0 Å². The molecule has 2 amide bonds. The number of anilines is 3. The van der Waals surface area contributed by atoms with Gasteiger partial charge in [0.15, 0.2) is 0 Å². The van der Waals surface area contributed by atoms with Crippen molar-refractivity contribution in [2.45, 2.75) is 20.8 Å². The van der Waals surface area contributed by atoms with Crippen molar-refractivity contribution in [2.24, 2.45) is 0 Å². The maximum Gasteiger partial charge on any atom is 0.244 e. The summed E-state index contributed by atoms with van der Waals surface area (Å²) in [4.78, 5) is 27.8. The van der Waals surface area contributed by atoms with Gasteiger partial charge in [-0.3, -0.25) is 9.59 Å². The Balaban J connectivity index is 2.12. The molecular formula is C20H24FN3O2. The highest BCUT2D eigenvalue weighted by Crippen LogP contribution is 2.21. The van der Waals surface area contributed by atoms with E-state index < -0.39 is 11.7 Å². The maximum atomic E-state index is 13.7. The molecule has 0 aliphatic heterocycles. The Hall–Kier alpha value is -2.89. The molecule has 1 N–H and O–H groups in total. The van der Waals surface area contributed by atoms with Crippen LogP contribution >= 0.6 is 0 Å². The number of nitrogens with zero attached hydrogens (tertiary/aromatic N) is 2. The average molecular weight is 357 g/mol. The zero-order valence-electron chi connectivity index (χ0n) is 15.3. The van der Waals surface area contributed by atoms with Crippen molar-refractivity contribution >= 4 is 28.9 Å². The van der Waals surface area contributed by atoms with Crippen LogP contribution in [0.5, 0.6) is 0 Å². The quantitative estimate of drug-likeness (QED) is 0.823. The lowest BCUT2D eigenvalue weighted by Crippen LogP contribution is -2.36. The molecule has 0 fully saturated rings. The summed E-state index contributed by atoms with van der Waals surface area (Å²) in [6.45, 7) is 7.14. The highest BCUT2D eigenvalue weighted by molar-refractivity contribution is 6.01. The van der Waals surface area contributed by atoms with Crippen molar-refractivity contribution < 1.29 is 14.0 Å². The predicted octanol–water partition coefficient (Wildman–Crippen LogP) is 3.66. The average Bonchev–Trinajstić information content (AvgIpc) is 2.63. The summed E-state index contributed by atoms with van der Waals surface area (Å²) in [6.07, 6.45) is 0. The number of para-hydroxylation sites is 1. The number of amides is 2. The summed E-state index contributed by atoms with van der Waals surface area (Å²) in [6, 6.07) is 13.4. The Kier molecular flexibility index (Phi) is 6.72. The number of rotatable bonds is 7. The molecule has 0 spiro atoms. The third kappa shape index (κ3) is 4.81. The van der Waals surface area contributed by atoms with Crippen LogP contribution in [0.25, 0.3) is 0 Å². The molecule has 0 aliphatic carbocycles. The summed E-state index contributed by atoms with van der Waals surface area (Å²) in [5, 5.41) is 2.50. The fourth-order valence-electron chi connectivity index (χ4n) is 2.71. The standard InChI is InChI=1S/C20H24FN3O2/c1-4-23(5-2)16-10-12-17(13-11-16)24(15(3)25)14-20(26)22-19-9-7-6-8-18(19)21/h6-13H,4-5,14H2,1-3H3,(H,22,26). The second-order valence-electron chi connectivity index (χ2n) is 5.82. The van der Waals surface area contributed by atoms with E-state index in [-0.39, 0.29) is 18.1 Å². The Morgan fingerprint density at radius 2 is 1.54 bits per heavy atom. The molecular weight excluding hydrogens is 333 g/mol. The number of halogens is 1. The molecule has 0 aliphatic rings. The van der Waals surface area contributed by atoms with Gasteiger partial charge in [0.1, 0.15) is 12.4 Å². The summed E-state index contributed by atoms with van der Waals surface area (Å²) in [7, 11) is 0. The first kappa shape index (κ1) is 19.4. The summed E-state index contributed by atoms with van der Waals surface area (Å²) in [5.74, 6) is -1.24. The lowest BCUT2D eigenvalue weighted by Gasteiger charge is -2.24. The highest BCUT2D eigenvalue weighted by Gasteiger charge is 2.17. The van der Waals surface area contributed by atoms with Crippen molar-refractivity contribution in [3.05, 3.63) is 54.3 Å². The van der Waals surface area contributed by atoms with Gasteiger partial charge in [-0.25, -0.2) is 4.39 Å². The molecule has 0 bridgehead atoms. The molecule has 0 aromatic heterocycles. The molecule has 0 saturated heterocycles. The number of hydrogen-bond donors (Lipinski definition) is 1. The molecule has 2 rings (SSSR count). The first-order valence-electron chi connectivity index (χ1n) is 8.63. The molecule has 6 heteroatoms. The van der Waals surface area contributed by atoms with Crippen LogP contribution in [-0.4, -0.2) is 31.4 Å². The number of hydrogen-bond acceptors (Lipinski definition) is 3. The molecule has 0 radical (unpaired) electrons. The second kappa shape index (κ2) is 8.99. The lowest BCUT2D eigenvalue weighted by molar-refractivity contribution is -0.120. The molecule has 0 unspecified atom stereocenters. The van der Waals surface area contributed by atoms with Gasteiger partial charge in [0, 0.05) is 31.4 Å². The molecule has 0 heterocycles. The van der Waals surface area contributed by atoms with Gasteiger partial charge in [-0.05, 0) is 50.2 Å². The zero-order chi connectivity index (χ0) is 19.1. The van der Waals surface area contributed by atoms with E-state index in [1.165, 1.54) is 24.0 Å². The van der Waals surface area contributed by atoms with Crippen LogP contribution < -0.4 is 15.1 Å². The molecule has 5 nitrogen and oxygen atoms in total. The minimum atomic E-state index is -0.515. The summed E-state index contributed by atoms with van der Waals surface area (Å²) < 4.78 is 13.7. The van der Waals surface area contributed by atoms with Gasteiger partial charge in [0.2, 0.25) is 11.8 Å². The van der Waals surface area contributed by atoms with E-state index in [1.54, 1.807) is 12.1 Å². The predicted molar refractivity (Wildman–Crippen MR) is 103 cm³/mol. The largest absolute Gasteiger partial charge is 0.372 e. The molecule has 0 saturated carbocycles. The number of nitrogens with one attached hydrogen (secondary N) is 1. The van der Waals surface area contributed by atoms with E-state index in [1.807, 2.05) is 24.3 Å². The number of carbonyl (C=O) groups excluding carboxylic acids is 2. The van der Waals surface area contributed by atoms with Crippen LogP contribution in [0.3, 0.4) is 0 Å². The van der Waals surface area contributed by atoms with Crippen LogP contribution in [0.2, 0.25) is 0 Å². The van der Waals surface area contributed by atoms with Crippen molar-refractivity contribution in [1.29, 1.82) is 0 Å². The minimum Gasteiger partial charge on any atom is -0.372 e. The maximum absolute atomic E-state index is 13.7. The molecule has 26 heavy (non-hydrogen) atoms. The van der Waals surface area contributed by atoms with Gasteiger partial charge >= 0.3 is 0 Å². The van der Waals surface area contributed by atoms with Gasteiger partial charge in [0.05, 0.1) is 5.69 Å². The van der Waals surface area contributed by atoms with Gasteiger partial charge in [-0.2, -0.15) is 0 Å². The summed E-state index contributed by atoms with van der Waals surface area (Å²) in [5.41, 5.74) is 1.77. The van der Waals surface area contributed by atoms with Crippen molar-refractivity contribution in [1.82, 2.24) is 0 Å². The van der Waals surface area contributed by atoms with E-state index in [0.29, 0.717) is 5.69 Å². The third-order valence-corrected chi connectivity index (χ3v) is 4.12. The fraction of sp³-hybridized carbons (Fsp3) is 0.300. The molecule has 0 atom stereocenters. The second-order valence-corrected chi connectivity index (χ2v) is 5.82. The molecule has 138 valence electrons. The first-order chi connectivity index (χ1) is 12.5. The molecule has 2 aromatic carbocycles. The normalized spacial score (nSPS) is 10.3. The van der Waals surface area contributed by atoms with Gasteiger partial charge < -0.3 is 15.1 Å². The Morgan fingerprint density at radius 1 is 0.962 bits per heavy atom. The van der Waals surface area contributed by atoms with Crippen molar-refractivity contribution in [3.63, 3.8) is 0 Å². The van der Waals surface area contributed by atoms with E-state index >= 15 is 0 Å². The van der Waals surface area contributed by atoms with Crippen LogP contribution in [0.4, 0.5) is 21.5 Å². The molecule has 2 aromatic rings. The van der Waals surface area contributed by atoms with Crippen LogP contribution in [-0.2, 0) is 9.59 Å². The van der Waals surface area contributed by atoms with Gasteiger partial charge in [0.25, 0.3) is 0 Å². The Bertz CT molecular complexity index is 758. The van der Waals surface area contributed by atoms with E-state index in [2.05, 4.69) is 24.1 Å².